The molecule has 4 aliphatic heterocycles. The van der Waals surface area contributed by atoms with Crippen molar-refractivity contribution in [2.45, 2.75) is 206 Å². The topological polar surface area (TPSA) is 262 Å². The van der Waals surface area contributed by atoms with Gasteiger partial charge in [0.15, 0.2) is 24.5 Å². The van der Waals surface area contributed by atoms with Crippen LogP contribution < -0.4 is 5.32 Å². The van der Waals surface area contributed by atoms with Gasteiger partial charge in [0.25, 0.3) is 0 Å². The van der Waals surface area contributed by atoms with Crippen LogP contribution in [0.3, 0.4) is 0 Å². The monoisotopic (exact) mass is 1030 g/mol. The number of aliphatic hydroxyl groups is 4. The lowest BCUT2D eigenvalue weighted by Gasteiger charge is -2.56. The third-order valence-electron chi connectivity index (χ3n) is 18.2. The van der Waals surface area contributed by atoms with Gasteiger partial charge in [0.2, 0.25) is 5.78 Å². The highest BCUT2D eigenvalue weighted by Crippen LogP contribution is 2.61. The second-order valence-corrected chi connectivity index (χ2v) is 23.1. The van der Waals surface area contributed by atoms with Gasteiger partial charge in [0.05, 0.1) is 61.4 Å². The first kappa shape index (κ1) is 55.7. The Morgan fingerprint density at radius 3 is 2.08 bits per heavy atom. The van der Waals surface area contributed by atoms with Crippen LogP contribution in [-0.2, 0) is 47.5 Å². The van der Waals surface area contributed by atoms with Crippen LogP contribution >= 0.6 is 0 Å². The molecule has 4 saturated heterocycles. The van der Waals surface area contributed by atoms with E-state index in [-0.39, 0.29) is 72.3 Å². The number of ether oxygens (including phenoxy) is 8. The molecule has 0 aromatic rings. The highest BCUT2D eigenvalue weighted by molar-refractivity contribution is 6.26. The maximum atomic E-state index is 15.4. The molecule has 8 rings (SSSR count). The fourth-order valence-electron chi connectivity index (χ4n) is 13.9. The second-order valence-electron chi connectivity index (χ2n) is 23.1. The maximum absolute atomic E-state index is 15.4. The summed E-state index contributed by atoms with van der Waals surface area (Å²) >= 11 is 0. The number of allylic oxidation sites excluding steroid dienone is 4. The second kappa shape index (κ2) is 21.1. The summed E-state index contributed by atoms with van der Waals surface area (Å²) in [5.74, 6) is -4.10. The lowest BCUT2D eigenvalue weighted by molar-refractivity contribution is -0.390. The van der Waals surface area contributed by atoms with Crippen molar-refractivity contribution in [3.05, 3.63) is 58.4 Å². The van der Waals surface area contributed by atoms with Crippen LogP contribution in [-0.4, -0.2) is 152 Å². The molecule has 19 nitrogen and oxygen atoms in total. The van der Waals surface area contributed by atoms with Gasteiger partial charge in [-0.1, -0.05) is 74.4 Å². The van der Waals surface area contributed by atoms with E-state index in [9.17, 15) is 40.4 Å². The Morgan fingerprint density at radius 2 is 1.42 bits per heavy atom. The molecule has 4 aliphatic carbocycles. The molecule has 1 spiro atoms. The minimum absolute atomic E-state index is 0.0189. The third-order valence-corrected chi connectivity index (χ3v) is 18.2. The Morgan fingerprint density at radius 1 is 0.781 bits per heavy atom. The van der Waals surface area contributed by atoms with Crippen molar-refractivity contribution in [2.24, 2.45) is 46.8 Å². The summed E-state index contributed by atoms with van der Waals surface area (Å²) in [6, 6.07) is -0.923. The Balaban J connectivity index is 1.17. The number of hydrogen-bond donors (Lipinski definition) is 7. The Labute approximate surface area is 428 Å². The van der Waals surface area contributed by atoms with Gasteiger partial charge in [-0.15, -0.1) is 0 Å². The number of carbonyl (C=O) groups excluding carboxylic acids is 3. The molecular weight excluding hydrogens is 949 g/mol. The van der Waals surface area contributed by atoms with Gasteiger partial charge < -0.3 is 63.6 Å². The number of Topliss-reactive ketones (excluding diaryl/α,β-unsaturated/α-hetero) is 1. The average Bonchev–Trinajstić information content (AvgIpc) is 3.56. The average molecular weight is 1030 g/mol. The van der Waals surface area contributed by atoms with E-state index in [0.717, 1.165) is 11.1 Å². The molecule has 19 heteroatoms. The zero-order chi connectivity index (χ0) is 53.4. The zero-order valence-corrected chi connectivity index (χ0v) is 44.3. The summed E-state index contributed by atoms with van der Waals surface area (Å²) in [5, 5.41) is 69.1. The first-order chi connectivity index (χ1) is 34.2. The number of rotatable bonds is 8. The Kier molecular flexibility index (Phi) is 16.1. The van der Waals surface area contributed by atoms with Crippen LogP contribution in [0.5, 0.6) is 0 Å². The number of esters is 1. The maximum Gasteiger partial charge on any atom is 0.407 e. The van der Waals surface area contributed by atoms with Crippen LogP contribution in [0.4, 0.5) is 4.79 Å². The number of alkyl carbamates (subject to hydrolysis) is 1. The van der Waals surface area contributed by atoms with Crippen molar-refractivity contribution in [1.29, 1.82) is 0 Å². The molecule has 1 saturated carbocycles. The quantitative estimate of drug-likeness (QED) is 0.0649. The van der Waals surface area contributed by atoms with Crippen molar-refractivity contribution in [3.63, 3.8) is 0 Å². The lowest BCUT2D eigenvalue weighted by atomic mass is 9.49. The molecule has 7 N–H and O–H groups in total. The first-order valence-electron chi connectivity index (χ1n) is 26.2. The van der Waals surface area contributed by atoms with Crippen molar-refractivity contribution in [3.8, 4) is 0 Å². The van der Waals surface area contributed by atoms with Gasteiger partial charge in [-0.2, -0.15) is 0 Å². The number of hydroxylamine groups is 2. The van der Waals surface area contributed by atoms with E-state index in [0.29, 0.717) is 12.0 Å². The van der Waals surface area contributed by atoms with Crippen molar-refractivity contribution >= 4 is 17.8 Å². The molecule has 2 unspecified atom stereocenters. The SMILES string of the molecule is COC(=O)N[C@@H]1[C@H](C)O[C@@H](OC2CC=C(C)[C@H]3C=C[C@H]4[C@H](O[C@@H]5C[C@@H](O[C@@H]6C[C@@H](O)[C@@H](O)[C@H](C)O6)[C@@H](O)[C@H](C)O5)[C@H](C)C[C@@H](C)[C@@H]4[C@@]3(C)C(O)=C3C(=O)OC4(C[C@H](C)C(C)=C[C@H]4C=C2C)C3=O)C[C@@]1(C)N(O)O. The molecular formula is C54H80N2O17. The Hall–Kier alpha value is -3.57. The van der Waals surface area contributed by atoms with E-state index in [1.165, 1.54) is 7.11 Å². The molecule has 4 heterocycles. The van der Waals surface area contributed by atoms with Gasteiger partial charge in [-0.25, -0.2) is 9.59 Å². The van der Waals surface area contributed by atoms with Crippen molar-refractivity contribution < 1.29 is 83.1 Å². The van der Waals surface area contributed by atoms with E-state index in [2.05, 4.69) is 25.2 Å². The highest BCUT2D eigenvalue weighted by atomic mass is 16.8. The number of amides is 1. The molecule has 8 aliphatic rings. The van der Waals surface area contributed by atoms with Crippen molar-refractivity contribution in [2.75, 3.05) is 7.11 Å². The van der Waals surface area contributed by atoms with Gasteiger partial charge in [0.1, 0.15) is 23.5 Å². The minimum Gasteiger partial charge on any atom is -0.511 e. The molecule has 1 amide bonds. The number of methoxy groups -OCH3 is 1. The summed E-state index contributed by atoms with van der Waals surface area (Å²) in [6.45, 7) is 20.6. The number of nitrogens with one attached hydrogen (secondary N) is 1. The molecule has 408 valence electrons. The highest BCUT2D eigenvalue weighted by Gasteiger charge is 2.64. The molecule has 0 aromatic carbocycles. The minimum atomic E-state index is -1.68. The van der Waals surface area contributed by atoms with E-state index in [1.807, 2.05) is 58.9 Å². The largest absolute Gasteiger partial charge is 0.511 e. The van der Waals surface area contributed by atoms with E-state index >= 15 is 4.79 Å². The van der Waals surface area contributed by atoms with Crippen LogP contribution in [0.1, 0.15) is 115 Å². The lowest BCUT2D eigenvalue weighted by Crippen LogP contribution is -2.68. The standard InChI is InChI=1S/C54H80N2O17/c1-24-13-16-37(70-41-23-52(10,56(64)65)47(32(9)69-41)55-51(63)66-12)26(3)19-33-18-25(2)29(6)22-54(33)49(61)42(50(62)73-54)48(60)53(11)35(24)15-14-34-43(53)27(4)17-28(5)46(34)72-40-21-38(45(59)31(8)68-40)71-39-20-36(57)44(58)30(7)67-39/h13-15,18-19,27-41,43-47,57-60,64-65H,16-17,20-23H2,1-12H3,(H,55,63)/t27-,28-,29+,30+,31+,32+,33+,34-,35-,36-,37?,38-,39-,40-,41+,43+,44+,45+,46-,47-,52-,53+,54?/m1/s1. The number of hydrogen-bond acceptors (Lipinski definition) is 18. The van der Waals surface area contributed by atoms with E-state index in [1.54, 1.807) is 27.7 Å². The van der Waals surface area contributed by atoms with E-state index in [4.69, 9.17) is 37.9 Å². The third kappa shape index (κ3) is 10.0. The summed E-state index contributed by atoms with van der Waals surface area (Å²) in [4.78, 5) is 42.4. The molecule has 2 bridgehead atoms. The fourth-order valence-corrected chi connectivity index (χ4v) is 13.9. The summed E-state index contributed by atoms with van der Waals surface area (Å²) < 4.78 is 49.8. The van der Waals surface area contributed by atoms with Gasteiger partial charge >= 0.3 is 12.1 Å². The number of carbonyl (C=O) groups is 3. The molecule has 0 aromatic heterocycles. The smallest absolute Gasteiger partial charge is 0.407 e. The Bertz CT molecular complexity index is 2250. The molecule has 73 heavy (non-hydrogen) atoms. The van der Waals surface area contributed by atoms with Crippen molar-refractivity contribution in [1.82, 2.24) is 10.5 Å². The van der Waals surface area contributed by atoms with Gasteiger partial charge in [-0.3, -0.25) is 15.2 Å². The van der Waals surface area contributed by atoms with Gasteiger partial charge in [-0.05, 0) is 90.6 Å². The molecule has 5 fully saturated rings. The normalized spacial score (nSPS) is 47.3. The fraction of sp³-hybridized carbons (Fsp3) is 0.759. The van der Waals surface area contributed by atoms with E-state index < -0.39 is 132 Å². The zero-order valence-electron chi connectivity index (χ0n) is 44.3. The number of nitrogens with zero attached hydrogens (tertiary/aromatic N) is 1. The van der Waals surface area contributed by atoms with Gasteiger partial charge in [0, 0.05) is 48.9 Å². The molecule has 23 atom stereocenters. The van der Waals surface area contributed by atoms with Crippen LogP contribution in [0.15, 0.2) is 58.4 Å². The first-order valence-corrected chi connectivity index (χ1v) is 26.2. The number of fused-ring (bicyclic) bond motifs is 4. The number of aliphatic hydroxyl groups excluding tert-OH is 4. The molecule has 0 radical (unpaired) electrons. The summed E-state index contributed by atoms with van der Waals surface area (Å²) in [6.07, 6.45) is 0.362. The predicted molar refractivity (Wildman–Crippen MR) is 260 cm³/mol. The number of ketones is 1. The summed E-state index contributed by atoms with van der Waals surface area (Å²) in [7, 11) is 1.21. The van der Waals surface area contributed by atoms with Crippen LogP contribution in [0.2, 0.25) is 0 Å². The summed E-state index contributed by atoms with van der Waals surface area (Å²) in [5.41, 5.74) is -2.26. The van der Waals surface area contributed by atoms with Crippen LogP contribution in [0, 0.1) is 46.8 Å². The van der Waals surface area contributed by atoms with Crippen LogP contribution in [0.25, 0.3) is 0 Å². The predicted octanol–water partition coefficient (Wildman–Crippen LogP) is 5.87.